The number of aryl methyl sites for hydroxylation is 1. The van der Waals surface area contributed by atoms with Crippen molar-refractivity contribution in [3.05, 3.63) is 99.3 Å². The van der Waals surface area contributed by atoms with Crippen molar-refractivity contribution >= 4 is 29.4 Å². The van der Waals surface area contributed by atoms with Crippen molar-refractivity contribution in [1.82, 2.24) is 14.8 Å². The molecule has 1 N–H and O–H groups in total. The molecular formula is C24H23N5O4S. The Morgan fingerprint density at radius 1 is 1.29 bits per heavy atom. The topological polar surface area (TPSA) is 112 Å². The number of para-hydroxylation sites is 1. The molecule has 3 aromatic rings. The van der Waals surface area contributed by atoms with E-state index in [1.807, 2.05) is 25.1 Å². The third-order valence-electron chi connectivity index (χ3n) is 5.26. The monoisotopic (exact) mass is 477 g/mol. The van der Waals surface area contributed by atoms with Crippen molar-refractivity contribution in [2.75, 3.05) is 11.9 Å². The average molecular weight is 478 g/mol. The first-order chi connectivity index (χ1) is 16.4. The van der Waals surface area contributed by atoms with Crippen LogP contribution >= 0.6 is 11.8 Å². The second-order valence-electron chi connectivity index (χ2n) is 7.71. The zero-order valence-corrected chi connectivity index (χ0v) is 19.5. The van der Waals surface area contributed by atoms with Crippen molar-refractivity contribution in [3.63, 3.8) is 0 Å². The second kappa shape index (κ2) is 9.92. The molecule has 0 spiro atoms. The predicted octanol–water partition coefficient (Wildman–Crippen LogP) is 4.81. The van der Waals surface area contributed by atoms with E-state index in [-0.39, 0.29) is 17.9 Å². The lowest BCUT2D eigenvalue weighted by atomic mass is 9.94. The lowest BCUT2D eigenvalue weighted by molar-refractivity contribution is -0.385. The number of carbonyl (C=O) groups excluding carboxylic acids is 1. The van der Waals surface area contributed by atoms with E-state index in [4.69, 9.17) is 4.74 Å². The normalized spacial score (nSPS) is 14.8. The number of hydrogen-bond acceptors (Lipinski definition) is 8. The third kappa shape index (κ3) is 4.72. The Kier molecular flexibility index (Phi) is 6.78. The Balaban J connectivity index is 1.75. The van der Waals surface area contributed by atoms with E-state index >= 15 is 0 Å². The standard InChI is InChI=1S/C24H23N5O4S/c1-4-12-33-22(30)20-16(3)25-23-26-24(34-14-17-9-7-8-15(2)13-17)27-28(23)21(20)18-10-5-6-11-19(18)29(31)32/h4-11,13,21H,1,12,14H2,2-3H3,(H,25,26,27)/t21-/m0/s1. The number of nitrogens with one attached hydrogen (secondary N) is 1. The van der Waals surface area contributed by atoms with Gasteiger partial charge in [-0.25, -0.2) is 9.48 Å². The number of anilines is 1. The summed E-state index contributed by atoms with van der Waals surface area (Å²) in [6.45, 7) is 7.33. The second-order valence-corrected chi connectivity index (χ2v) is 8.65. The number of aromatic nitrogens is 3. The van der Waals surface area contributed by atoms with E-state index in [9.17, 15) is 14.9 Å². The van der Waals surface area contributed by atoms with E-state index in [1.54, 1.807) is 25.1 Å². The molecule has 0 bridgehead atoms. The molecular weight excluding hydrogens is 454 g/mol. The number of nitro benzene ring substituents is 1. The minimum atomic E-state index is -0.879. The SMILES string of the molecule is C=CCOC(=O)C1=C(C)Nc2nc(SCc3cccc(C)c3)nn2[C@H]1c1ccccc1[N+](=O)[O-]. The van der Waals surface area contributed by atoms with Gasteiger partial charge in [0.1, 0.15) is 12.6 Å². The Morgan fingerprint density at radius 2 is 2.09 bits per heavy atom. The maximum absolute atomic E-state index is 13.0. The van der Waals surface area contributed by atoms with Gasteiger partial charge in [0.15, 0.2) is 0 Å². The first-order valence-electron chi connectivity index (χ1n) is 10.5. The van der Waals surface area contributed by atoms with Crippen LogP contribution in [0.2, 0.25) is 0 Å². The number of hydrogen-bond donors (Lipinski definition) is 1. The van der Waals surface area contributed by atoms with Crippen molar-refractivity contribution < 1.29 is 14.5 Å². The summed E-state index contributed by atoms with van der Waals surface area (Å²) in [6.07, 6.45) is 1.46. The van der Waals surface area contributed by atoms with Crippen LogP contribution in [-0.2, 0) is 15.3 Å². The zero-order chi connectivity index (χ0) is 24.2. The lowest BCUT2D eigenvalue weighted by Crippen LogP contribution is -2.30. The molecule has 1 aliphatic rings. The average Bonchev–Trinajstić information content (AvgIpc) is 3.22. The molecule has 0 fully saturated rings. The number of esters is 1. The quantitative estimate of drug-likeness (QED) is 0.162. The van der Waals surface area contributed by atoms with Gasteiger partial charge in [-0.1, -0.05) is 66.4 Å². The van der Waals surface area contributed by atoms with Gasteiger partial charge in [-0.15, -0.1) is 5.10 Å². The maximum Gasteiger partial charge on any atom is 0.338 e. The zero-order valence-electron chi connectivity index (χ0n) is 18.7. The molecule has 1 aliphatic heterocycles. The number of carbonyl (C=O) groups is 1. The first kappa shape index (κ1) is 23.2. The van der Waals surface area contributed by atoms with Crippen molar-refractivity contribution in [2.45, 2.75) is 30.8 Å². The number of allylic oxidation sites excluding steroid dienone is 1. The highest BCUT2D eigenvalue weighted by molar-refractivity contribution is 7.98. The smallest absolute Gasteiger partial charge is 0.338 e. The number of fused-ring (bicyclic) bond motifs is 1. The molecule has 10 heteroatoms. The predicted molar refractivity (Wildman–Crippen MR) is 129 cm³/mol. The number of nitrogens with zero attached hydrogens (tertiary/aromatic N) is 4. The van der Waals surface area contributed by atoms with Crippen LogP contribution in [0, 0.1) is 17.0 Å². The molecule has 0 aliphatic carbocycles. The fourth-order valence-electron chi connectivity index (χ4n) is 3.79. The van der Waals surface area contributed by atoms with E-state index in [2.05, 4.69) is 28.0 Å². The molecule has 0 amide bonds. The number of ether oxygens (including phenoxy) is 1. The van der Waals surface area contributed by atoms with E-state index in [0.29, 0.717) is 28.1 Å². The van der Waals surface area contributed by atoms with Gasteiger partial charge >= 0.3 is 5.97 Å². The van der Waals surface area contributed by atoms with Crippen LogP contribution in [-0.4, -0.2) is 32.3 Å². The van der Waals surface area contributed by atoms with Crippen LogP contribution in [0.25, 0.3) is 0 Å². The fraction of sp³-hybridized carbons (Fsp3) is 0.208. The van der Waals surface area contributed by atoms with E-state index < -0.39 is 16.9 Å². The molecule has 9 nitrogen and oxygen atoms in total. The third-order valence-corrected chi connectivity index (χ3v) is 6.17. The summed E-state index contributed by atoms with van der Waals surface area (Å²) < 4.78 is 6.81. The summed E-state index contributed by atoms with van der Waals surface area (Å²) in [5.74, 6) is 0.442. The largest absolute Gasteiger partial charge is 0.458 e. The van der Waals surface area contributed by atoms with Crippen LogP contribution in [0.15, 0.2) is 77.6 Å². The maximum atomic E-state index is 13.0. The van der Waals surface area contributed by atoms with Gasteiger partial charge in [-0.2, -0.15) is 4.98 Å². The molecule has 174 valence electrons. The fourth-order valence-corrected chi connectivity index (χ4v) is 4.56. The first-order valence-corrected chi connectivity index (χ1v) is 11.5. The van der Waals surface area contributed by atoms with Crippen LogP contribution in [0.1, 0.15) is 29.7 Å². The van der Waals surface area contributed by atoms with Crippen LogP contribution < -0.4 is 5.32 Å². The van der Waals surface area contributed by atoms with Crippen molar-refractivity contribution in [1.29, 1.82) is 0 Å². The molecule has 2 aromatic carbocycles. The Hall–Kier alpha value is -3.92. The molecule has 0 unspecified atom stereocenters. The van der Waals surface area contributed by atoms with Crippen LogP contribution in [0.5, 0.6) is 0 Å². The Morgan fingerprint density at radius 3 is 2.82 bits per heavy atom. The number of benzene rings is 2. The number of nitro groups is 1. The van der Waals surface area contributed by atoms with Crippen LogP contribution in [0.4, 0.5) is 11.6 Å². The van der Waals surface area contributed by atoms with E-state index in [1.165, 1.54) is 28.6 Å². The summed E-state index contributed by atoms with van der Waals surface area (Å²) in [7, 11) is 0. The van der Waals surface area contributed by atoms with Crippen molar-refractivity contribution in [2.24, 2.45) is 0 Å². The molecule has 4 rings (SSSR count). The van der Waals surface area contributed by atoms with Gasteiger partial charge in [0.2, 0.25) is 11.1 Å². The summed E-state index contributed by atoms with van der Waals surface area (Å²) in [5.41, 5.74) is 3.21. The summed E-state index contributed by atoms with van der Waals surface area (Å²) in [5, 5.41) is 20.0. The Labute approximate surface area is 200 Å². The van der Waals surface area contributed by atoms with Gasteiger partial charge in [-0.05, 0) is 25.5 Å². The minimum Gasteiger partial charge on any atom is -0.458 e. The van der Waals surface area contributed by atoms with Gasteiger partial charge < -0.3 is 10.1 Å². The number of thioether (sulfide) groups is 1. The van der Waals surface area contributed by atoms with E-state index in [0.717, 1.165) is 11.1 Å². The number of rotatable bonds is 8. The van der Waals surface area contributed by atoms with Crippen molar-refractivity contribution in [3.8, 4) is 0 Å². The highest BCUT2D eigenvalue weighted by Gasteiger charge is 2.38. The van der Waals surface area contributed by atoms with Gasteiger partial charge in [0.05, 0.1) is 16.1 Å². The molecule has 1 atom stereocenters. The minimum absolute atomic E-state index is 0.0149. The molecule has 2 heterocycles. The summed E-state index contributed by atoms with van der Waals surface area (Å²) in [4.78, 5) is 28.9. The van der Waals surface area contributed by atoms with Gasteiger partial charge in [0, 0.05) is 17.5 Å². The van der Waals surface area contributed by atoms with Crippen LogP contribution in [0.3, 0.4) is 0 Å². The highest BCUT2D eigenvalue weighted by atomic mass is 32.2. The summed E-state index contributed by atoms with van der Waals surface area (Å²) >= 11 is 1.44. The van der Waals surface area contributed by atoms with Gasteiger partial charge in [-0.3, -0.25) is 10.1 Å². The highest BCUT2D eigenvalue weighted by Crippen LogP contribution is 2.40. The Bertz CT molecular complexity index is 1300. The molecule has 1 aromatic heterocycles. The molecule has 0 saturated heterocycles. The molecule has 0 radical (unpaired) electrons. The van der Waals surface area contributed by atoms with Gasteiger partial charge in [0.25, 0.3) is 5.69 Å². The molecule has 0 saturated carbocycles. The summed E-state index contributed by atoms with van der Waals surface area (Å²) in [6, 6.07) is 13.6. The molecule has 34 heavy (non-hydrogen) atoms. The lowest BCUT2D eigenvalue weighted by Gasteiger charge is -2.27.